The number of rotatable bonds is 3. The molecule has 0 bridgehead atoms. The van der Waals surface area contributed by atoms with Crippen molar-refractivity contribution in [3.63, 3.8) is 0 Å². The Morgan fingerprint density at radius 3 is 2.10 bits per heavy atom. The van der Waals surface area contributed by atoms with Crippen LogP contribution in [0.25, 0.3) is 0 Å². The number of carbonyl (C=O) groups is 1. The van der Waals surface area contributed by atoms with Crippen molar-refractivity contribution in [1.29, 1.82) is 0 Å². The second kappa shape index (κ2) is 3.25. The number of nitrogens with one attached hydrogen (secondary N) is 1. The molecule has 1 atom stereocenters. The predicted octanol–water partition coefficient (Wildman–Crippen LogP) is 0.367. The Morgan fingerprint density at radius 2 is 2.10 bits per heavy atom. The first-order chi connectivity index (χ1) is 4.39. The lowest BCUT2D eigenvalue weighted by Crippen LogP contribution is -2.47. The Labute approximate surface area is 66.2 Å². The molecule has 0 saturated carbocycles. The molecular weight excluding hydrogens is 150 g/mol. The topological polar surface area (TPSA) is 49.3 Å². The monoisotopic (exact) mass is 163 g/mol. The van der Waals surface area contributed by atoms with E-state index in [1.165, 1.54) is 0 Å². The molecule has 0 aromatic rings. The molecule has 3 nitrogen and oxygen atoms in total. The number of thiol groups is 1. The van der Waals surface area contributed by atoms with Gasteiger partial charge in [0.15, 0.2) is 0 Å². The third-order valence-electron chi connectivity index (χ3n) is 1.24. The van der Waals surface area contributed by atoms with Crippen molar-refractivity contribution in [2.45, 2.75) is 24.6 Å². The largest absolute Gasteiger partial charge is 0.480 e. The molecule has 2 N–H and O–H groups in total. The Kier molecular flexibility index (Phi) is 3.18. The first-order valence-electron chi connectivity index (χ1n) is 3.02. The highest BCUT2D eigenvalue weighted by molar-refractivity contribution is 7.81. The summed E-state index contributed by atoms with van der Waals surface area (Å²) < 4.78 is -0.527. The van der Waals surface area contributed by atoms with Crippen LogP contribution in [-0.4, -0.2) is 28.9 Å². The first-order valence-corrected chi connectivity index (χ1v) is 3.46. The van der Waals surface area contributed by atoms with E-state index in [0.717, 1.165) is 0 Å². The molecule has 0 saturated heterocycles. The lowest BCUT2D eigenvalue weighted by atomic mass is 10.0. The summed E-state index contributed by atoms with van der Waals surface area (Å²) in [4.78, 5) is 10.5. The molecule has 0 radical (unpaired) electrons. The van der Waals surface area contributed by atoms with Gasteiger partial charge in [0.1, 0.15) is 6.04 Å². The van der Waals surface area contributed by atoms with Crippen LogP contribution in [0.5, 0.6) is 0 Å². The second-order valence-electron chi connectivity index (χ2n) is 2.71. The fraction of sp³-hybridized carbons (Fsp3) is 0.833. The first kappa shape index (κ1) is 9.78. The number of likely N-dealkylation sites (N-methyl/N-ethyl adjacent to an activating group) is 1. The molecule has 10 heavy (non-hydrogen) atoms. The van der Waals surface area contributed by atoms with Crippen LogP contribution in [0.4, 0.5) is 0 Å². The smallest absolute Gasteiger partial charge is 0.322 e. The van der Waals surface area contributed by atoms with Gasteiger partial charge in [0, 0.05) is 4.75 Å². The van der Waals surface area contributed by atoms with Crippen molar-refractivity contribution in [2.75, 3.05) is 7.05 Å². The second-order valence-corrected chi connectivity index (χ2v) is 3.87. The molecule has 0 spiro atoms. The quantitative estimate of drug-likeness (QED) is 0.527. The minimum Gasteiger partial charge on any atom is -0.480 e. The Balaban J connectivity index is 4.22. The van der Waals surface area contributed by atoms with Crippen LogP contribution < -0.4 is 5.32 Å². The van der Waals surface area contributed by atoms with Gasteiger partial charge in [-0.3, -0.25) is 4.79 Å². The van der Waals surface area contributed by atoms with Gasteiger partial charge < -0.3 is 10.4 Å². The Morgan fingerprint density at radius 1 is 1.70 bits per heavy atom. The van der Waals surface area contributed by atoms with E-state index in [-0.39, 0.29) is 0 Å². The van der Waals surface area contributed by atoms with Gasteiger partial charge in [0.2, 0.25) is 0 Å². The zero-order valence-corrected chi connectivity index (χ0v) is 7.27. The average molecular weight is 163 g/mol. The van der Waals surface area contributed by atoms with Crippen LogP contribution in [-0.2, 0) is 4.79 Å². The maximum Gasteiger partial charge on any atom is 0.322 e. The normalized spacial score (nSPS) is 14.8. The van der Waals surface area contributed by atoms with E-state index >= 15 is 0 Å². The van der Waals surface area contributed by atoms with Gasteiger partial charge in [0.05, 0.1) is 0 Å². The molecule has 0 rings (SSSR count). The van der Waals surface area contributed by atoms with Crippen molar-refractivity contribution in [3.8, 4) is 0 Å². The van der Waals surface area contributed by atoms with Crippen molar-refractivity contribution >= 4 is 18.6 Å². The summed E-state index contributed by atoms with van der Waals surface area (Å²) in [6.07, 6.45) is 0. The highest BCUT2D eigenvalue weighted by Gasteiger charge is 2.30. The molecule has 0 fully saturated rings. The van der Waals surface area contributed by atoms with Gasteiger partial charge in [-0.15, -0.1) is 0 Å². The molecular formula is C6H13NO2S. The lowest BCUT2D eigenvalue weighted by Gasteiger charge is -2.25. The van der Waals surface area contributed by atoms with E-state index < -0.39 is 16.8 Å². The number of aliphatic carboxylic acids is 1. The standard InChI is InChI=1S/C6H13NO2S/c1-6(2,10)4(7-3)5(8)9/h4,7,10H,1-3H3,(H,8,9)/t4-/m0/s1. The van der Waals surface area contributed by atoms with E-state index in [9.17, 15) is 4.79 Å². The predicted molar refractivity (Wildman–Crippen MR) is 43.5 cm³/mol. The van der Waals surface area contributed by atoms with E-state index in [2.05, 4.69) is 17.9 Å². The molecule has 4 heteroatoms. The summed E-state index contributed by atoms with van der Waals surface area (Å²) in [7, 11) is 1.61. The summed E-state index contributed by atoms with van der Waals surface area (Å²) >= 11 is 4.13. The summed E-state index contributed by atoms with van der Waals surface area (Å²) in [5, 5.41) is 11.3. The summed E-state index contributed by atoms with van der Waals surface area (Å²) in [6, 6.07) is -0.601. The molecule has 0 aliphatic carbocycles. The maximum atomic E-state index is 10.5. The average Bonchev–Trinajstić information content (AvgIpc) is 1.60. The number of carboxylic acid groups (broad SMARTS) is 1. The summed E-state index contributed by atoms with van der Waals surface area (Å²) in [5.74, 6) is -0.873. The highest BCUT2D eigenvalue weighted by Crippen LogP contribution is 2.16. The molecule has 0 aliphatic rings. The zero-order chi connectivity index (χ0) is 8.36. The van der Waals surface area contributed by atoms with Crippen LogP contribution in [0.3, 0.4) is 0 Å². The SMILES string of the molecule is CN[C@@H](C(=O)O)C(C)(C)S. The zero-order valence-electron chi connectivity index (χ0n) is 6.38. The number of carboxylic acids is 1. The summed E-state index contributed by atoms with van der Waals surface area (Å²) in [5.41, 5.74) is 0. The van der Waals surface area contributed by atoms with Gasteiger partial charge in [-0.05, 0) is 20.9 Å². The van der Waals surface area contributed by atoms with E-state index in [1.807, 2.05) is 0 Å². The lowest BCUT2D eigenvalue weighted by molar-refractivity contribution is -0.139. The maximum absolute atomic E-state index is 10.5. The number of hydrogen-bond acceptors (Lipinski definition) is 3. The molecule has 0 aromatic heterocycles. The Hall–Kier alpha value is -0.220. The molecule has 0 aliphatic heterocycles. The van der Waals surface area contributed by atoms with Crippen molar-refractivity contribution in [1.82, 2.24) is 5.32 Å². The van der Waals surface area contributed by atoms with Crippen LogP contribution in [0.2, 0.25) is 0 Å². The fourth-order valence-electron chi connectivity index (χ4n) is 0.779. The van der Waals surface area contributed by atoms with Crippen LogP contribution >= 0.6 is 12.6 Å². The van der Waals surface area contributed by atoms with Gasteiger partial charge in [-0.1, -0.05) is 0 Å². The van der Waals surface area contributed by atoms with E-state index in [1.54, 1.807) is 20.9 Å². The Bertz CT molecular complexity index is 130. The van der Waals surface area contributed by atoms with Gasteiger partial charge in [-0.25, -0.2) is 0 Å². The molecule has 60 valence electrons. The highest BCUT2D eigenvalue weighted by atomic mass is 32.1. The van der Waals surface area contributed by atoms with Crippen LogP contribution in [0.15, 0.2) is 0 Å². The van der Waals surface area contributed by atoms with Crippen molar-refractivity contribution < 1.29 is 9.90 Å². The van der Waals surface area contributed by atoms with Crippen molar-refractivity contribution in [3.05, 3.63) is 0 Å². The van der Waals surface area contributed by atoms with Crippen LogP contribution in [0.1, 0.15) is 13.8 Å². The molecule has 0 aromatic carbocycles. The van der Waals surface area contributed by atoms with Crippen molar-refractivity contribution in [2.24, 2.45) is 0 Å². The molecule has 0 amide bonds. The van der Waals surface area contributed by atoms with E-state index in [0.29, 0.717) is 0 Å². The molecule has 0 heterocycles. The molecule has 0 unspecified atom stereocenters. The summed E-state index contributed by atoms with van der Waals surface area (Å²) in [6.45, 7) is 3.51. The van der Waals surface area contributed by atoms with Crippen LogP contribution in [0, 0.1) is 0 Å². The third-order valence-corrected chi connectivity index (χ3v) is 1.50. The third kappa shape index (κ3) is 2.58. The fourth-order valence-corrected chi connectivity index (χ4v) is 1.02. The van der Waals surface area contributed by atoms with E-state index in [4.69, 9.17) is 5.11 Å². The minimum absolute atomic E-state index is 0.527. The number of hydrogen-bond donors (Lipinski definition) is 3. The minimum atomic E-state index is -0.873. The van der Waals surface area contributed by atoms with Gasteiger partial charge in [-0.2, -0.15) is 12.6 Å². The van der Waals surface area contributed by atoms with Gasteiger partial charge >= 0.3 is 5.97 Å². The van der Waals surface area contributed by atoms with Gasteiger partial charge in [0.25, 0.3) is 0 Å².